The Morgan fingerprint density at radius 3 is 2.42 bits per heavy atom. The average Bonchev–Trinajstić information content (AvgIpc) is 2.03. The van der Waals surface area contributed by atoms with Crippen LogP contribution in [0.3, 0.4) is 0 Å². The quantitative estimate of drug-likeness (QED) is 0.477. The van der Waals surface area contributed by atoms with Crippen molar-refractivity contribution in [1.82, 2.24) is 0 Å². The summed E-state index contributed by atoms with van der Waals surface area (Å²) in [6.07, 6.45) is 4.54. The molecular weight excluding hydrogens is 178 g/mol. The third kappa shape index (κ3) is 6.43. The van der Waals surface area contributed by atoms with E-state index < -0.39 is 12.0 Å². The van der Waals surface area contributed by atoms with Gasteiger partial charge in [0.25, 0.3) is 0 Å². The van der Waals surface area contributed by atoms with E-state index in [0.29, 0.717) is 12.3 Å². The summed E-state index contributed by atoms with van der Waals surface area (Å²) in [5, 5.41) is 8.44. The summed E-state index contributed by atoms with van der Waals surface area (Å²) in [5.41, 5.74) is 5.31. The summed E-state index contributed by atoms with van der Waals surface area (Å²) in [6.45, 7) is 0. The van der Waals surface area contributed by atoms with Crippen molar-refractivity contribution in [3.8, 4) is 0 Å². The van der Waals surface area contributed by atoms with Crippen LogP contribution in [-0.4, -0.2) is 23.0 Å². The number of rotatable bonds is 7. The van der Waals surface area contributed by atoms with Gasteiger partial charge in [-0.1, -0.05) is 19.3 Å². The number of nitrogens with two attached hydrogens (primary N) is 1. The lowest BCUT2D eigenvalue weighted by molar-refractivity contribution is -0.138. The van der Waals surface area contributed by atoms with Crippen LogP contribution in [0.1, 0.15) is 32.1 Å². The summed E-state index contributed by atoms with van der Waals surface area (Å²) in [4.78, 5) is 10.3. The molecule has 72 valence electrons. The van der Waals surface area contributed by atoms with Crippen LogP contribution in [-0.2, 0) is 4.79 Å². The highest BCUT2D eigenvalue weighted by molar-refractivity contribution is 6.17. The lowest BCUT2D eigenvalue weighted by Crippen LogP contribution is -2.29. The molecule has 1 unspecified atom stereocenters. The molecule has 0 heterocycles. The smallest absolute Gasteiger partial charge is 0.320 e. The molecule has 0 rings (SSSR count). The first-order valence-corrected chi connectivity index (χ1v) is 4.76. The Kier molecular flexibility index (Phi) is 7.20. The second-order valence-electron chi connectivity index (χ2n) is 2.84. The van der Waals surface area contributed by atoms with Gasteiger partial charge in [0.05, 0.1) is 0 Å². The fourth-order valence-corrected chi connectivity index (χ4v) is 1.12. The van der Waals surface area contributed by atoms with Crippen molar-refractivity contribution in [3.05, 3.63) is 0 Å². The van der Waals surface area contributed by atoms with E-state index in [9.17, 15) is 4.79 Å². The molecule has 0 aliphatic carbocycles. The Morgan fingerprint density at radius 2 is 1.92 bits per heavy atom. The van der Waals surface area contributed by atoms with Gasteiger partial charge in [0.1, 0.15) is 6.04 Å². The van der Waals surface area contributed by atoms with Crippen LogP contribution in [0.4, 0.5) is 0 Å². The van der Waals surface area contributed by atoms with Crippen molar-refractivity contribution in [3.63, 3.8) is 0 Å². The molecule has 0 aliphatic rings. The van der Waals surface area contributed by atoms with Crippen LogP contribution >= 0.6 is 11.6 Å². The van der Waals surface area contributed by atoms with Gasteiger partial charge in [-0.2, -0.15) is 0 Å². The third-order valence-electron chi connectivity index (χ3n) is 1.72. The Hall–Kier alpha value is -0.280. The van der Waals surface area contributed by atoms with Crippen LogP contribution in [0.2, 0.25) is 0 Å². The highest BCUT2D eigenvalue weighted by Gasteiger charge is 2.09. The normalized spacial score (nSPS) is 12.8. The van der Waals surface area contributed by atoms with Crippen molar-refractivity contribution < 1.29 is 9.90 Å². The zero-order chi connectivity index (χ0) is 9.40. The first-order valence-electron chi connectivity index (χ1n) is 4.23. The van der Waals surface area contributed by atoms with Gasteiger partial charge in [-0.3, -0.25) is 4.79 Å². The monoisotopic (exact) mass is 193 g/mol. The minimum absolute atomic E-state index is 0.567. The lowest BCUT2D eigenvalue weighted by Gasteiger charge is -2.04. The molecule has 4 heteroatoms. The number of hydrogen-bond acceptors (Lipinski definition) is 2. The van der Waals surface area contributed by atoms with Gasteiger partial charge < -0.3 is 10.8 Å². The summed E-state index contributed by atoms with van der Waals surface area (Å²) in [6, 6.07) is -0.694. The van der Waals surface area contributed by atoms with Crippen molar-refractivity contribution >= 4 is 17.6 Å². The van der Waals surface area contributed by atoms with E-state index in [2.05, 4.69) is 0 Å². The van der Waals surface area contributed by atoms with Gasteiger partial charge in [-0.25, -0.2) is 0 Å². The molecule has 0 aliphatic heterocycles. The largest absolute Gasteiger partial charge is 0.480 e. The standard InChI is InChI=1S/C8H16ClNO2/c9-6-4-2-1-3-5-7(10)8(11)12/h7H,1-6,10H2,(H,11,12). The number of carboxylic acids is 1. The molecule has 0 aromatic heterocycles. The number of carboxylic acid groups (broad SMARTS) is 1. The Labute approximate surface area is 77.9 Å². The minimum atomic E-state index is -0.910. The number of unbranched alkanes of at least 4 members (excludes halogenated alkanes) is 3. The Morgan fingerprint density at radius 1 is 1.33 bits per heavy atom. The zero-order valence-electron chi connectivity index (χ0n) is 7.13. The molecule has 0 spiro atoms. The molecule has 3 nitrogen and oxygen atoms in total. The highest BCUT2D eigenvalue weighted by Crippen LogP contribution is 2.05. The van der Waals surface area contributed by atoms with E-state index in [-0.39, 0.29) is 0 Å². The Balaban J connectivity index is 3.14. The van der Waals surface area contributed by atoms with Crippen molar-refractivity contribution in [2.45, 2.75) is 38.1 Å². The van der Waals surface area contributed by atoms with Crippen LogP contribution in [0, 0.1) is 0 Å². The van der Waals surface area contributed by atoms with Crippen molar-refractivity contribution in [2.24, 2.45) is 5.73 Å². The summed E-state index contributed by atoms with van der Waals surface area (Å²) >= 11 is 5.47. The summed E-state index contributed by atoms with van der Waals surface area (Å²) in [7, 11) is 0. The molecule has 0 aromatic carbocycles. The molecule has 1 atom stereocenters. The van der Waals surface area contributed by atoms with Gasteiger partial charge >= 0.3 is 5.97 Å². The van der Waals surface area contributed by atoms with Gasteiger partial charge in [0, 0.05) is 5.88 Å². The maximum atomic E-state index is 10.3. The van der Waals surface area contributed by atoms with E-state index in [1.165, 1.54) is 0 Å². The van der Waals surface area contributed by atoms with Gasteiger partial charge in [0.15, 0.2) is 0 Å². The van der Waals surface area contributed by atoms with Crippen LogP contribution < -0.4 is 5.73 Å². The molecule has 0 bridgehead atoms. The number of hydrogen-bond donors (Lipinski definition) is 2. The van der Waals surface area contributed by atoms with Crippen LogP contribution in [0.15, 0.2) is 0 Å². The van der Waals surface area contributed by atoms with E-state index in [1.54, 1.807) is 0 Å². The molecule has 0 fully saturated rings. The molecular formula is C8H16ClNO2. The van der Waals surface area contributed by atoms with Gasteiger partial charge in [0.2, 0.25) is 0 Å². The van der Waals surface area contributed by atoms with E-state index in [1.807, 2.05) is 0 Å². The summed E-state index contributed by atoms with van der Waals surface area (Å²) < 4.78 is 0. The van der Waals surface area contributed by atoms with Crippen LogP contribution in [0.5, 0.6) is 0 Å². The molecule has 12 heavy (non-hydrogen) atoms. The number of halogens is 1. The number of alkyl halides is 1. The van der Waals surface area contributed by atoms with Crippen molar-refractivity contribution in [1.29, 1.82) is 0 Å². The zero-order valence-corrected chi connectivity index (χ0v) is 7.89. The van der Waals surface area contributed by atoms with Gasteiger partial charge in [-0.05, 0) is 12.8 Å². The fraction of sp³-hybridized carbons (Fsp3) is 0.875. The number of aliphatic carboxylic acids is 1. The van der Waals surface area contributed by atoms with E-state index in [4.69, 9.17) is 22.4 Å². The first-order chi connectivity index (χ1) is 5.68. The Bertz CT molecular complexity index is 130. The maximum absolute atomic E-state index is 10.3. The molecule has 0 aromatic rings. The minimum Gasteiger partial charge on any atom is -0.480 e. The third-order valence-corrected chi connectivity index (χ3v) is 1.98. The first kappa shape index (κ1) is 11.7. The molecule has 0 saturated heterocycles. The molecule has 0 radical (unpaired) electrons. The molecule has 0 saturated carbocycles. The molecule has 3 N–H and O–H groups in total. The second kappa shape index (κ2) is 7.37. The maximum Gasteiger partial charge on any atom is 0.320 e. The highest BCUT2D eigenvalue weighted by atomic mass is 35.5. The topological polar surface area (TPSA) is 63.3 Å². The van der Waals surface area contributed by atoms with Gasteiger partial charge in [-0.15, -0.1) is 11.6 Å². The fourth-order valence-electron chi connectivity index (χ4n) is 0.936. The summed E-state index contributed by atoms with van der Waals surface area (Å²) in [5.74, 6) is -0.224. The van der Waals surface area contributed by atoms with Crippen LogP contribution in [0.25, 0.3) is 0 Å². The predicted octanol–water partition coefficient (Wildman–Crippen LogP) is 1.59. The second-order valence-corrected chi connectivity index (χ2v) is 3.21. The predicted molar refractivity (Wildman–Crippen MR) is 49.4 cm³/mol. The average molecular weight is 194 g/mol. The lowest BCUT2D eigenvalue weighted by atomic mass is 10.1. The molecule has 0 amide bonds. The number of carbonyl (C=O) groups is 1. The van der Waals surface area contributed by atoms with E-state index >= 15 is 0 Å². The van der Waals surface area contributed by atoms with Crippen molar-refractivity contribution in [2.75, 3.05) is 5.88 Å². The van der Waals surface area contributed by atoms with E-state index in [0.717, 1.165) is 25.7 Å². The SMILES string of the molecule is NC(CCCCCCCl)C(=O)O.